The van der Waals surface area contributed by atoms with Crippen LogP contribution in [0.4, 0.5) is 5.69 Å². The van der Waals surface area contributed by atoms with Crippen LogP contribution in [-0.2, 0) is 5.41 Å². The first-order chi connectivity index (χ1) is 25.0. The van der Waals surface area contributed by atoms with Crippen LogP contribution in [0, 0.1) is 6.57 Å². The van der Waals surface area contributed by atoms with Crippen LogP contribution in [-0.4, -0.2) is 19.9 Å². The lowest BCUT2D eigenvalue weighted by Gasteiger charge is -2.22. The first-order valence-corrected chi connectivity index (χ1v) is 17.0. The van der Waals surface area contributed by atoms with Gasteiger partial charge in [-0.1, -0.05) is 123 Å². The van der Waals surface area contributed by atoms with Gasteiger partial charge in [-0.3, -0.25) is 4.98 Å². The average Bonchev–Trinajstić information content (AvgIpc) is 3.43. The molecule has 2 aromatic heterocycles. The maximum absolute atomic E-state index is 7.87. The van der Waals surface area contributed by atoms with Crippen molar-refractivity contribution < 1.29 is 0 Å². The number of benzene rings is 6. The monoisotopic (exact) mass is 653 g/mol. The molecule has 0 atom stereocenters. The molecule has 0 bridgehead atoms. The molecule has 0 aliphatic heterocycles. The number of hydrogen-bond donors (Lipinski definition) is 0. The molecule has 8 aromatic rings. The van der Waals surface area contributed by atoms with Crippen LogP contribution in [0.1, 0.15) is 25.0 Å². The zero-order valence-corrected chi connectivity index (χ0v) is 28.2. The van der Waals surface area contributed by atoms with Crippen LogP contribution in [0.3, 0.4) is 0 Å². The van der Waals surface area contributed by atoms with Crippen LogP contribution in [0.15, 0.2) is 152 Å². The Bertz CT molecular complexity index is 2620. The molecule has 6 aromatic carbocycles. The van der Waals surface area contributed by atoms with Gasteiger partial charge >= 0.3 is 0 Å². The van der Waals surface area contributed by atoms with E-state index in [2.05, 4.69) is 90.4 Å². The summed E-state index contributed by atoms with van der Waals surface area (Å²) in [5, 5.41) is 1.09. The number of nitrogens with zero attached hydrogens (tertiary/aromatic N) is 5. The van der Waals surface area contributed by atoms with Crippen molar-refractivity contribution in [2.45, 2.75) is 19.3 Å². The normalized spacial score (nSPS) is 12.6. The molecule has 0 spiro atoms. The highest BCUT2D eigenvalue weighted by atomic mass is 15.0. The Kier molecular flexibility index (Phi) is 7.12. The molecule has 0 unspecified atom stereocenters. The molecule has 1 aliphatic rings. The molecule has 2 heterocycles. The highest BCUT2D eigenvalue weighted by Gasteiger charge is 2.36. The van der Waals surface area contributed by atoms with Crippen LogP contribution in [0.2, 0.25) is 0 Å². The van der Waals surface area contributed by atoms with E-state index < -0.39 is 0 Å². The molecule has 51 heavy (non-hydrogen) atoms. The van der Waals surface area contributed by atoms with Crippen LogP contribution in [0.5, 0.6) is 0 Å². The second-order valence-electron chi connectivity index (χ2n) is 13.4. The first kappa shape index (κ1) is 30.3. The van der Waals surface area contributed by atoms with Gasteiger partial charge in [0.2, 0.25) is 0 Å². The molecule has 5 heteroatoms. The Hall–Kier alpha value is -6.77. The minimum Gasteiger partial charge on any atom is -0.256 e. The number of pyridine rings is 1. The van der Waals surface area contributed by atoms with Crippen molar-refractivity contribution >= 4 is 16.6 Å². The largest absolute Gasteiger partial charge is 0.256 e. The fraction of sp³-hybridized carbons (Fsp3) is 0.0652. The fourth-order valence-electron chi connectivity index (χ4n) is 7.31. The lowest BCUT2D eigenvalue weighted by atomic mass is 9.81. The maximum atomic E-state index is 7.87. The van der Waals surface area contributed by atoms with E-state index in [9.17, 15) is 0 Å². The Balaban J connectivity index is 1.27. The summed E-state index contributed by atoms with van der Waals surface area (Å²) < 4.78 is 0. The Morgan fingerprint density at radius 1 is 0.490 bits per heavy atom. The molecule has 0 amide bonds. The molecular weight excluding hydrogens is 623 g/mol. The van der Waals surface area contributed by atoms with Gasteiger partial charge in [-0.25, -0.2) is 19.8 Å². The molecule has 1 aliphatic carbocycles. The Labute approximate surface area is 296 Å². The van der Waals surface area contributed by atoms with Gasteiger partial charge in [0.05, 0.1) is 12.1 Å². The lowest BCUT2D eigenvalue weighted by molar-refractivity contribution is 0.661. The van der Waals surface area contributed by atoms with E-state index in [4.69, 9.17) is 21.5 Å². The standard InChI is InChI=1S/C46H31N5/c1-46(2)38-17-10-18-40(47-3)42(38)37-22-21-32(27-39(37)46)34-24-35(33-20-19-29-16-11-23-48-41(29)28-33)26-36(25-34)45-50-43(30-12-6-4-7-13-30)49-44(51-45)31-14-8-5-9-15-31/h4-28H,1-2H3. The van der Waals surface area contributed by atoms with Crippen molar-refractivity contribution in [1.82, 2.24) is 19.9 Å². The average molecular weight is 654 g/mol. The molecule has 5 nitrogen and oxygen atoms in total. The maximum Gasteiger partial charge on any atom is 0.195 e. The van der Waals surface area contributed by atoms with Gasteiger partial charge in [0, 0.05) is 33.7 Å². The van der Waals surface area contributed by atoms with E-state index >= 15 is 0 Å². The summed E-state index contributed by atoms with van der Waals surface area (Å²) in [6.07, 6.45) is 1.83. The molecule has 9 rings (SSSR count). The van der Waals surface area contributed by atoms with Crippen molar-refractivity contribution in [3.63, 3.8) is 0 Å². The summed E-state index contributed by atoms with van der Waals surface area (Å²) in [6, 6.07) is 49.9. The highest BCUT2D eigenvalue weighted by molar-refractivity contribution is 5.92. The van der Waals surface area contributed by atoms with E-state index in [0.29, 0.717) is 23.2 Å². The predicted molar refractivity (Wildman–Crippen MR) is 206 cm³/mol. The van der Waals surface area contributed by atoms with E-state index in [1.54, 1.807) is 0 Å². The second-order valence-corrected chi connectivity index (χ2v) is 13.4. The van der Waals surface area contributed by atoms with Crippen LogP contribution >= 0.6 is 0 Å². The Morgan fingerprint density at radius 3 is 1.76 bits per heavy atom. The van der Waals surface area contributed by atoms with Crippen molar-refractivity contribution in [2.24, 2.45) is 0 Å². The highest BCUT2D eigenvalue weighted by Crippen LogP contribution is 2.53. The summed E-state index contributed by atoms with van der Waals surface area (Å²) in [5.41, 5.74) is 12.9. The van der Waals surface area contributed by atoms with Crippen LogP contribution < -0.4 is 0 Å². The molecule has 0 radical (unpaired) electrons. The van der Waals surface area contributed by atoms with Gasteiger partial charge in [0.25, 0.3) is 0 Å². The number of hydrogen-bond acceptors (Lipinski definition) is 4. The van der Waals surface area contributed by atoms with Crippen molar-refractivity contribution in [1.29, 1.82) is 0 Å². The van der Waals surface area contributed by atoms with Gasteiger partial charge in [0.1, 0.15) is 0 Å². The minimum atomic E-state index is -0.255. The van der Waals surface area contributed by atoms with Crippen molar-refractivity contribution in [3.05, 3.63) is 174 Å². The van der Waals surface area contributed by atoms with E-state index in [1.807, 2.05) is 85.1 Å². The van der Waals surface area contributed by atoms with Crippen molar-refractivity contribution in [2.75, 3.05) is 0 Å². The predicted octanol–water partition coefficient (Wildman–Crippen LogP) is 11.6. The van der Waals surface area contributed by atoms with Gasteiger partial charge in [0.15, 0.2) is 23.2 Å². The van der Waals surface area contributed by atoms with Gasteiger partial charge in [-0.05, 0) is 80.9 Å². The van der Waals surface area contributed by atoms with Gasteiger partial charge < -0.3 is 0 Å². The third-order valence-electron chi connectivity index (χ3n) is 9.96. The molecule has 0 saturated carbocycles. The minimum absolute atomic E-state index is 0.255. The van der Waals surface area contributed by atoms with E-state index in [0.717, 1.165) is 61.0 Å². The van der Waals surface area contributed by atoms with Gasteiger partial charge in [-0.15, -0.1) is 0 Å². The summed E-state index contributed by atoms with van der Waals surface area (Å²) in [5.74, 6) is 1.84. The molecule has 0 N–H and O–H groups in total. The SMILES string of the molecule is [C-]#[N+]c1cccc2c1-c1ccc(-c3cc(-c4ccc5cccnc5c4)cc(-c4nc(-c5ccccc5)nc(-c5ccccc5)n4)c3)cc1C2(C)C. The zero-order chi connectivity index (χ0) is 34.5. The van der Waals surface area contributed by atoms with Crippen molar-refractivity contribution in [3.8, 4) is 67.5 Å². The number of fused-ring (bicyclic) bond motifs is 4. The topological polar surface area (TPSA) is 55.9 Å². The van der Waals surface area contributed by atoms with Gasteiger partial charge in [-0.2, -0.15) is 0 Å². The molecule has 240 valence electrons. The summed E-state index contributed by atoms with van der Waals surface area (Å²) >= 11 is 0. The number of aromatic nitrogens is 4. The third kappa shape index (κ3) is 5.26. The van der Waals surface area contributed by atoms with E-state index in [-0.39, 0.29) is 5.41 Å². The summed E-state index contributed by atoms with van der Waals surface area (Å²) in [4.78, 5) is 23.6. The second kappa shape index (κ2) is 12.0. The quantitative estimate of drug-likeness (QED) is 0.173. The summed E-state index contributed by atoms with van der Waals surface area (Å²) in [7, 11) is 0. The zero-order valence-electron chi connectivity index (χ0n) is 28.2. The lowest BCUT2D eigenvalue weighted by Crippen LogP contribution is -2.14. The smallest absolute Gasteiger partial charge is 0.195 e. The van der Waals surface area contributed by atoms with Crippen LogP contribution in [0.25, 0.3) is 83.3 Å². The fourth-order valence-corrected chi connectivity index (χ4v) is 7.31. The third-order valence-corrected chi connectivity index (χ3v) is 9.96. The number of rotatable bonds is 5. The molecule has 0 saturated heterocycles. The molecular formula is C46H31N5. The Morgan fingerprint density at radius 2 is 1.10 bits per heavy atom. The van der Waals surface area contributed by atoms with E-state index in [1.165, 1.54) is 11.1 Å². The first-order valence-electron chi connectivity index (χ1n) is 17.0. The molecule has 0 fully saturated rings. The summed E-state index contributed by atoms with van der Waals surface area (Å²) in [6.45, 7) is 12.4.